The Morgan fingerprint density at radius 2 is 2.20 bits per heavy atom. The third kappa shape index (κ3) is 1.69. The van der Waals surface area contributed by atoms with Gasteiger partial charge in [0.05, 0.1) is 17.3 Å². The van der Waals surface area contributed by atoms with Crippen molar-refractivity contribution in [3.63, 3.8) is 0 Å². The number of amides is 1. The Kier molecular flexibility index (Phi) is 2.39. The minimum absolute atomic E-state index is 0.0303. The average Bonchev–Trinajstić information content (AvgIpc) is 2.32. The molecule has 1 aromatic rings. The van der Waals surface area contributed by atoms with Crippen LogP contribution in [-0.4, -0.2) is 19.5 Å². The van der Waals surface area contributed by atoms with Gasteiger partial charge >= 0.3 is 0 Å². The van der Waals surface area contributed by atoms with E-state index in [1.54, 1.807) is 4.90 Å². The van der Waals surface area contributed by atoms with E-state index >= 15 is 0 Å². The summed E-state index contributed by atoms with van der Waals surface area (Å²) in [6, 6.07) is 6.10. The molecule has 2 rings (SSSR count). The molecule has 1 atom stereocenters. The van der Waals surface area contributed by atoms with Crippen LogP contribution in [-0.2, 0) is 4.79 Å². The van der Waals surface area contributed by atoms with E-state index in [9.17, 15) is 4.79 Å². The van der Waals surface area contributed by atoms with Gasteiger partial charge in [0.15, 0.2) is 0 Å². The molecule has 3 heteroatoms. The highest BCUT2D eigenvalue weighted by Gasteiger charge is 2.24. The van der Waals surface area contributed by atoms with E-state index in [1.165, 1.54) is 5.56 Å². The van der Waals surface area contributed by atoms with Crippen LogP contribution in [0.15, 0.2) is 18.2 Å². The van der Waals surface area contributed by atoms with Crippen molar-refractivity contribution >= 4 is 17.3 Å². The summed E-state index contributed by atoms with van der Waals surface area (Å²) in [7, 11) is 1.83. The van der Waals surface area contributed by atoms with E-state index in [-0.39, 0.29) is 11.8 Å². The lowest BCUT2D eigenvalue weighted by Crippen LogP contribution is -2.31. The Labute approximate surface area is 90.1 Å². The lowest BCUT2D eigenvalue weighted by Gasteiger charge is -2.18. The second-order valence-electron chi connectivity index (χ2n) is 4.20. The van der Waals surface area contributed by atoms with Crippen LogP contribution in [0.2, 0.25) is 0 Å². The smallest absolute Gasteiger partial charge is 0.231 e. The van der Waals surface area contributed by atoms with Crippen molar-refractivity contribution in [3.05, 3.63) is 23.8 Å². The van der Waals surface area contributed by atoms with Crippen LogP contribution in [0, 0.1) is 12.8 Å². The van der Waals surface area contributed by atoms with E-state index in [2.05, 4.69) is 18.3 Å². The monoisotopic (exact) mass is 204 g/mol. The van der Waals surface area contributed by atoms with Gasteiger partial charge in [-0.3, -0.25) is 4.79 Å². The fraction of sp³-hybridized carbons (Fsp3) is 0.417. The van der Waals surface area contributed by atoms with Gasteiger partial charge in [-0.1, -0.05) is 13.0 Å². The topological polar surface area (TPSA) is 32.3 Å². The number of hydrogen-bond donors (Lipinski definition) is 1. The first-order valence-corrected chi connectivity index (χ1v) is 5.21. The van der Waals surface area contributed by atoms with Crippen LogP contribution in [0.25, 0.3) is 0 Å². The van der Waals surface area contributed by atoms with E-state index in [0.29, 0.717) is 6.54 Å². The lowest BCUT2D eigenvalue weighted by atomic mass is 10.1. The summed E-state index contributed by atoms with van der Waals surface area (Å²) in [6.07, 6.45) is 0. The van der Waals surface area contributed by atoms with Gasteiger partial charge in [-0.25, -0.2) is 0 Å². The molecule has 3 nitrogen and oxygen atoms in total. The van der Waals surface area contributed by atoms with Crippen LogP contribution in [0.3, 0.4) is 0 Å². The number of anilines is 2. The summed E-state index contributed by atoms with van der Waals surface area (Å²) >= 11 is 0. The normalized spacial score (nSPS) is 20.6. The zero-order valence-corrected chi connectivity index (χ0v) is 9.37. The molecule has 1 aliphatic rings. The van der Waals surface area contributed by atoms with Crippen LogP contribution in [0.4, 0.5) is 11.4 Å². The number of benzene rings is 1. The van der Waals surface area contributed by atoms with Crippen molar-refractivity contribution in [3.8, 4) is 0 Å². The first-order chi connectivity index (χ1) is 7.09. The molecule has 0 bridgehead atoms. The predicted octanol–water partition coefficient (Wildman–Crippen LogP) is 2.02. The van der Waals surface area contributed by atoms with Gasteiger partial charge in [0, 0.05) is 13.6 Å². The molecular formula is C12H16N2O. The molecule has 0 fully saturated rings. The van der Waals surface area contributed by atoms with Crippen LogP contribution < -0.4 is 10.2 Å². The third-order valence-electron chi connectivity index (χ3n) is 2.86. The number of fused-ring (bicyclic) bond motifs is 1. The second-order valence-corrected chi connectivity index (χ2v) is 4.20. The maximum Gasteiger partial charge on any atom is 0.231 e. The zero-order chi connectivity index (χ0) is 11.0. The summed E-state index contributed by atoms with van der Waals surface area (Å²) < 4.78 is 0. The predicted molar refractivity (Wildman–Crippen MR) is 62.2 cm³/mol. The largest absolute Gasteiger partial charge is 0.383 e. The van der Waals surface area contributed by atoms with Crippen LogP contribution >= 0.6 is 0 Å². The highest BCUT2D eigenvalue weighted by atomic mass is 16.2. The minimum atomic E-state index is 0.0303. The molecule has 1 amide bonds. The Bertz CT molecular complexity index is 401. The van der Waals surface area contributed by atoms with E-state index in [0.717, 1.165) is 11.4 Å². The molecule has 0 spiro atoms. The quantitative estimate of drug-likeness (QED) is 0.701. The number of nitrogens with zero attached hydrogens (tertiary/aromatic N) is 1. The first kappa shape index (κ1) is 10.0. The van der Waals surface area contributed by atoms with Crippen molar-refractivity contribution in [1.29, 1.82) is 0 Å². The molecule has 0 aliphatic carbocycles. The summed E-state index contributed by atoms with van der Waals surface area (Å²) in [5.41, 5.74) is 3.22. The molecule has 0 radical (unpaired) electrons. The Balaban J connectivity index is 2.47. The van der Waals surface area contributed by atoms with Gasteiger partial charge in [0.1, 0.15) is 0 Å². The Morgan fingerprint density at radius 1 is 1.47 bits per heavy atom. The molecule has 0 aromatic heterocycles. The van der Waals surface area contributed by atoms with Gasteiger partial charge in [-0.05, 0) is 24.6 Å². The minimum Gasteiger partial charge on any atom is -0.383 e. The van der Waals surface area contributed by atoms with Crippen molar-refractivity contribution < 1.29 is 4.79 Å². The van der Waals surface area contributed by atoms with Gasteiger partial charge in [-0.2, -0.15) is 0 Å². The van der Waals surface area contributed by atoms with Crippen molar-refractivity contribution in [1.82, 2.24) is 0 Å². The number of carbonyl (C=O) groups is 1. The standard InChI is InChI=1S/C12H16N2O/c1-8-4-5-11-10(6-8)13-7-9(2)12(15)14(11)3/h4-6,9,13H,7H2,1-3H3. The second kappa shape index (κ2) is 3.57. The molecular weight excluding hydrogens is 188 g/mol. The highest BCUT2D eigenvalue weighted by molar-refractivity contribution is 5.99. The molecule has 1 aliphatic heterocycles. The number of carbonyl (C=O) groups excluding carboxylic acids is 1. The number of nitrogens with one attached hydrogen (secondary N) is 1. The van der Waals surface area contributed by atoms with Crippen LogP contribution in [0.5, 0.6) is 0 Å². The number of hydrogen-bond acceptors (Lipinski definition) is 2. The van der Waals surface area contributed by atoms with Gasteiger partial charge in [0.25, 0.3) is 0 Å². The molecule has 0 saturated carbocycles. The molecule has 1 N–H and O–H groups in total. The third-order valence-corrected chi connectivity index (χ3v) is 2.86. The van der Waals surface area contributed by atoms with E-state index < -0.39 is 0 Å². The summed E-state index contributed by atoms with van der Waals surface area (Å²) in [4.78, 5) is 13.6. The van der Waals surface area contributed by atoms with Crippen molar-refractivity contribution in [2.24, 2.45) is 5.92 Å². The molecule has 0 saturated heterocycles. The van der Waals surface area contributed by atoms with E-state index in [4.69, 9.17) is 0 Å². The van der Waals surface area contributed by atoms with Crippen molar-refractivity contribution in [2.75, 3.05) is 23.8 Å². The molecule has 80 valence electrons. The van der Waals surface area contributed by atoms with E-state index in [1.807, 2.05) is 26.1 Å². The number of aryl methyl sites for hydroxylation is 1. The summed E-state index contributed by atoms with van der Waals surface area (Å²) in [6.45, 7) is 4.71. The fourth-order valence-corrected chi connectivity index (χ4v) is 1.88. The maximum absolute atomic E-state index is 11.9. The Hall–Kier alpha value is -1.51. The number of rotatable bonds is 0. The Morgan fingerprint density at radius 3 is 2.93 bits per heavy atom. The summed E-state index contributed by atoms with van der Waals surface area (Å²) in [5.74, 6) is 0.202. The van der Waals surface area contributed by atoms with Gasteiger partial charge in [-0.15, -0.1) is 0 Å². The molecule has 1 unspecified atom stereocenters. The lowest BCUT2D eigenvalue weighted by molar-refractivity contribution is -0.121. The van der Waals surface area contributed by atoms with Crippen LogP contribution in [0.1, 0.15) is 12.5 Å². The maximum atomic E-state index is 11.9. The molecule has 15 heavy (non-hydrogen) atoms. The SMILES string of the molecule is Cc1ccc2c(c1)NCC(C)C(=O)N2C. The molecule has 1 aromatic carbocycles. The molecule has 1 heterocycles. The van der Waals surface area contributed by atoms with Crippen molar-refractivity contribution in [2.45, 2.75) is 13.8 Å². The van der Waals surface area contributed by atoms with Gasteiger partial charge in [0.2, 0.25) is 5.91 Å². The summed E-state index contributed by atoms with van der Waals surface area (Å²) in [5, 5.41) is 3.31. The zero-order valence-electron chi connectivity index (χ0n) is 9.37. The first-order valence-electron chi connectivity index (χ1n) is 5.21. The highest BCUT2D eigenvalue weighted by Crippen LogP contribution is 2.29. The average molecular weight is 204 g/mol. The fourth-order valence-electron chi connectivity index (χ4n) is 1.88. The van der Waals surface area contributed by atoms with Gasteiger partial charge < -0.3 is 10.2 Å².